The van der Waals surface area contributed by atoms with Gasteiger partial charge in [0.25, 0.3) is 0 Å². The number of carboxylic acid groups (broad SMARTS) is 1. The molecule has 0 radical (unpaired) electrons. The molecule has 0 aliphatic heterocycles. The molecule has 6 nitrogen and oxygen atoms in total. The molecule has 0 aliphatic rings. The first-order valence-corrected chi connectivity index (χ1v) is 6.46. The lowest BCUT2D eigenvalue weighted by Gasteiger charge is -2.09. The zero-order valence-electron chi connectivity index (χ0n) is 10.1. The fourth-order valence-corrected chi connectivity index (χ4v) is 1.75. The number of rotatable bonds is 6. The topological polar surface area (TPSA) is 98.7 Å². The number of aliphatic hydroxyl groups is 1. The number of aliphatic carboxylic acids is 1. The van der Waals surface area contributed by atoms with E-state index in [2.05, 4.69) is 26.6 Å². The third-order valence-corrected chi connectivity index (χ3v) is 3.16. The fourth-order valence-electron chi connectivity index (χ4n) is 1.33. The van der Waals surface area contributed by atoms with Gasteiger partial charge in [0.15, 0.2) is 6.10 Å². The van der Waals surface area contributed by atoms with E-state index in [0.29, 0.717) is 6.54 Å². The first-order valence-electron chi connectivity index (χ1n) is 5.66. The van der Waals surface area contributed by atoms with Crippen LogP contribution < -0.4 is 10.6 Å². The van der Waals surface area contributed by atoms with Gasteiger partial charge in [-0.1, -0.05) is 34.1 Å². The maximum atomic E-state index is 11.4. The van der Waals surface area contributed by atoms with Crippen molar-refractivity contribution in [3.05, 3.63) is 34.3 Å². The molecule has 7 heteroatoms. The van der Waals surface area contributed by atoms with Gasteiger partial charge in [-0.2, -0.15) is 0 Å². The largest absolute Gasteiger partial charge is 0.479 e. The Morgan fingerprint density at radius 3 is 2.58 bits per heavy atom. The van der Waals surface area contributed by atoms with Crippen molar-refractivity contribution < 1.29 is 19.8 Å². The number of hydrogen-bond donors (Lipinski definition) is 4. The number of aliphatic hydroxyl groups excluding tert-OH is 1. The second kappa shape index (κ2) is 7.75. The summed E-state index contributed by atoms with van der Waals surface area (Å²) >= 11 is 3.36. The predicted octanol–water partition coefficient (Wildman–Crippen LogP) is 1.08. The van der Waals surface area contributed by atoms with E-state index < -0.39 is 18.1 Å². The highest BCUT2D eigenvalue weighted by Gasteiger charge is 2.12. The zero-order valence-corrected chi connectivity index (χ0v) is 11.7. The molecule has 0 saturated carbocycles. The number of nitrogens with one attached hydrogen (secondary N) is 2. The number of benzene rings is 1. The Kier molecular flexibility index (Phi) is 6.31. The summed E-state index contributed by atoms with van der Waals surface area (Å²) in [6, 6.07) is 7.08. The van der Waals surface area contributed by atoms with Crippen LogP contribution in [0.3, 0.4) is 0 Å². The molecule has 0 saturated heterocycles. The van der Waals surface area contributed by atoms with Gasteiger partial charge in [-0.05, 0) is 11.6 Å². The van der Waals surface area contributed by atoms with Crippen molar-refractivity contribution in [1.29, 1.82) is 0 Å². The van der Waals surface area contributed by atoms with Gasteiger partial charge in [0.1, 0.15) is 0 Å². The average Bonchev–Trinajstić information content (AvgIpc) is 2.37. The van der Waals surface area contributed by atoms with Gasteiger partial charge in [0.2, 0.25) is 0 Å². The van der Waals surface area contributed by atoms with Crippen LogP contribution in [0.4, 0.5) is 4.79 Å². The van der Waals surface area contributed by atoms with E-state index in [1.165, 1.54) is 0 Å². The third kappa shape index (κ3) is 5.71. The summed E-state index contributed by atoms with van der Waals surface area (Å²) in [5.74, 6) is -1.30. The molecule has 0 unspecified atom stereocenters. The third-order valence-electron chi connectivity index (χ3n) is 2.39. The van der Waals surface area contributed by atoms with E-state index in [1.807, 2.05) is 24.3 Å². The molecular formula is C12H15BrN2O4. The summed E-state index contributed by atoms with van der Waals surface area (Å²) in [6.45, 7) is 0.448. The highest BCUT2D eigenvalue weighted by molar-refractivity contribution is 9.10. The van der Waals surface area contributed by atoms with E-state index in [9.17, 15) is 9.59 Å². The minimum absolute atomic E-state index is 0.0300. The Hall–Kier alpha value is -1.60. The second-order valence-corrected chi connectivity index (χ2v) is 4.70. The van der Waals surface area contributed by atoms with Crippen LogP contribution in [-0.2, 0) is 11.3 Å². The van der Waals surface area contributed by atoms with Gasteiger partial charge in [-0.15, -0.1) is 0 Å². The zero-order chi connectivity index (χ0) is 14.3. The fraction of sp³-hybridized carbons (Fsp3) is 0.333. The smallest absolute Gasteiger partial charge is 0.332 e. The molecule has 2 amide bonds. The maximum Gasteiger partial charge on any atom is 0.332 e. The molecule has 1 atom stereocenters. The number of halogens is 1. The van der Waals surface area contributed by atoms with E-state index >= 15 is 0 Å². The van der Waals surface area contributed by atoms with Gasteiger partial charge in [0.05, 0.1) is 0 Å². The lowest BCUT2D eigenvalue weighted by atomic mass is 10.2. The summed E-state index contributed by atoms with van der Waals surface area (Å²) < 4.78 is 0.900. The molecule has 0 aromatic heterocycles. The molecule has 0 heterocycles. The van der Waals surface area contributed by atoms with Crippen LogP contribution in [0, 0.1) is 0 Å². The lowest BCUT2D eigenvalue weighted by molar-refractivity contribution is -0.146. The van der Waals surface area contributed by atoms with E-state index in [0.717, 1.165) is 10.0 Å². The SMILES string of the molecule is O=C(NCC[C@H](O)C(=O)O)NCc1ccccc1Br. The van der Waals surface area contributed by atoms with Crippen LogP contribution in [0.2, 0.25) is 0 Å². The minimum atomic E-state index is -1.46. The molecule has 0 spiro atoms. The Morgan fingerprint density at radius 2 is 1.95 bits per heavy atom. The van der Waals surface area contributed by atoms with Gasteiger partial charge in [0, 0.05) is 24.0 Å². The van der Waals surface area contributed by atoms with Crippen molar-refractivity contribution in [2.24, 2.45) is 0 Å². The van der Waals surface area contributed by atoms with Crippen LogP contribution >= 0.6 is 15.9 Å². The number of amides is 2. The van der Waals surface area contributed by atoms with Crippen molar-refractivity contribution in [1.82, 2.24) is 10.6 Å². The molecule has 0 fully saturated rings. The van der Waals surface area contributed by atoms with Crippen molar-refractivity contribution in [2.45, 2.75) is 19.1 Å². The monoisotopic (exact) mass is 330 g/mol. The van der Waals surface area contributed by atoms with Crippen LogP contribution in [0.15, 0.2) is 28.7 Å². The van der Waals surface area contributed by atoms with Gasteiger partial charge in [-0.3, -0.25) is 0 Å². The average molecular weight is 331 g/mol. The molecule has 4 N–H and O–H groups in total. The summed E-state index contributed by atoms with van der Waals surface area (Å²) in [5.41, 5.74) is 0.934. The van der Waals surface area contributed by atoms with Crippen molar-refractivity contribution in [3.63, 3.8) is 0 Å². The first-order chi connectivity index (χ1) is 9.00. The van der Waals surface area contributed by atoms with Crippen molar-refractivity contribution in [3.8, 4) is 0 Å². The number of urea groups is 1. The Bertz CT molecular complexity index is 453. The predicted molar refractivity (Wildman–Crippen MR) is 72.6 cm³/mol. The molecule has 0 aliphatic carbocycles. The number of carbonyl (C=O) groups is 2. The summed E-state index contributed by atoms with van der Waals surface area (Å²) in [5, 5.41) is 22.6. The summed E-state index contributed by atoms with van der Waals surface area (Å²) in [7, 11) is 0. The molecular weight excluding hydrogens is 316 g/mol. The number of carbonyl (C=O) groups excluding carboxylic acids is 1. The molecule has 1 aromatic carbocycles. The number of hydrogen-bond acceptors (Lipinski definition) is 3. The van der Waals surface area contributed by atoms with E-state index in [-0.39, 0.29) is 13.0 Å². The Balaban J connectivity index is 2.25. The number of carboxylic acids is 1. The Morgan fingerprint density at radius 1 is 1.26 bits per heavy atom. The minimum Gasteiger partial charge on any atom is -0.479 e. The Labute approximate surface area is 118 Å². The second-order valence-electron chi connectivity index (χ2n) is 3.84. The highest BCUT2D eigenvalue weighted by atomic mass is 79.9. The standard InChI is InChI=1S/C12H15BrN2O4/c13-9-4-2-1-3-8(9)7-15-12(19)14-6-5-10(16)11(17)18/h1-4,10,16H,5-7H2,(H,17,18)(H2,14,15,19)/t10-/m0/s1. The van der Waals surface area contributed by atoms with Crippen molar-refractivity contribution in [2.75, 3.05) is 6.54 Å². The molecule has 0 bridgehead atoms. The van der Waals surface area contributed by atoms with Gasteiger partial charge < -0.3 is 20.8 Å². The van der Waals surface area contributed by atoms with E-state index in [4.69, 9.17) is 10.2 Å². The highest BCUT2D eigenvalue weighted by Crippen LogP contribution is 2.15. The quantitative estimate of drug-likeness (QED) is 0.627. The van der Waals surface area contributed by atoms with E-state index in [1.54, 1.807) is 0 Å². The molecule has 1 rings (SSSR count). The van der Waals surface area contributed by atoms with Gasteiger partial charge >= 0.3 is 12.0 Å². The molecule has 1 aromatic rings. The van der Waals surface area contributed by atoms with Crippen LogP contribution in [0.5, 0.6) is 0 Å². The summed E-state index contributed by atoms with van der Waals surface area (Å²) in [4.78, 5) is 21.8. The van der Waals surface area contributed by atoms with Crippen LogP contribution in [0.25, 0.3) is 0 Å². The summed E-state index contributed by atoms with van der Waals surface area (Å²) in [6.07, 6.45) is -1.49. The molecule has 104 valence electrons. The molecule has 19 heavy (non-hydrogen) atoms. The van der Waals surface area contributed by atoms with Gasteiger partial charge in [-0.25, -0.2) is 9.59 Å². The lowest BCUT2D eigenvalue weighted by Crippen LogP contribution is -2.37. The normalized spacial score (nSPS) is 11.7. The van der Waals surface area contributed by atoms with Crippen LogP contribution in [-0.4, -0.2) is 34.9 Å². The first kappa shape index (κ1) is 15.5. The maximum absolute atomic E-state index is 11.4. The van der Waals surface area contributed by atoms with Crippen molar-refractivity contribution >= 4 is 27.9 Å². The van der Waals surface area contributed by atoms with Crippen LogP contribution in [0.1, 0.15) is 12.0 Å².